The van der Waals surface area contributed by atoms with Crippen molar-refractivity contribution < 1.29 is 9.53 Å². The van der Waals surface area contributed by atoms with Crippen molar-refractivity contribution in [3.8, 4) is 6.07 Å². The first kappa shape index (κ1) is 16.3. The highest BCUT2D eigenvalue weighted by Crippen LogP contribution is 2.13. The second-order valence-electron chi connectivity index (χ2n) is 4.87. The van der Waals surface area contributed by atoms with Gasteiger partial charge in [-0.15, -0.1) is 0 Å². The number of rotatable bonds is 5. The van der Waals surface area contributed by atoms with Crippen LogP contribution in [0.2, 0.25) is 0 Å². The molecule has 1 aliphatic heterocycles. The summed E-state index contributed by atoms with van der Waals surface area (Å²) in [5, 5.41) is 8.97. The van der Waals surface area contributed by atoms with Gasteiger partial charge < -0.3 is 9.64 Å². The first-order valence-corrected chi connectivity index (χ1v) is 7.38. The second-order valence-corrected chi connectivity index (χ2v) is 4.87. The summed E-state index contributed by atoms with van der Waals surface area (Å²) in [6, 6.07) is 12.0. The van der Waals surface area contributed by atoms with Gasteiger partial charge in [-0.05, 0) is 36.3 Å². The van der Waals surface area contributed by atoms with Crippen molar-refractivity contribution in [2.45, 2.75) is 13.5 Å². The molecule has 1 aromatic rings. The number of allylic oxidation sites excluding steroid dienone is 5. The minimum atomic E-state index is -0.596. The van der Waals surface area contributed by atoms with Gasteiger partial charge >= 0.3 is 5.97 Å². The molecule has 2 rings (SSSR count). The minimum Gasteiger partial charge on any atom is -0.462 e. The molecule has 0 N–H and O–H groups in total. The zero-order valence-corrected chi connectivity index (χ0v) is 13.0. The molecule has 23 heavy (non-hydrogen) atoms. The van der Waals surface area contributed by atoms with E-state index < -0.39 is 5.97 Å². The quantitative estimate of drug-likeness (QED) is 0.475. The SMILES string of the molecule is CCOC(=O)/C(C#N)=C/C=C1C=CN(Cc2ccccc2)C=C1. The van der Waals surface area contributed by atoms with Crippen molar-refractivity contribution in [2.24, 2.45) is 0 Å². The smallest absolute Gasteiger partial charge is 0.348 e. The van der Waals surface area contributed by atoms with Crippen LogP contribution in [-0.4, -0.2) is 17.5 Å². The molecule has 0 bridgehead atoms. The summed E-state index contributed by atoms with van der Waals surface area (Å²) < 4.78 is 4.81. The third-order valence-corrected chi connectivity index (χ3v) is 3.18. The molecule has 1 heterocycles. The van der Waals surface area contributed by atoms with E-state index in [0.29, 0.717) is 0 Å². The summed E-state index contributed by atoms with van der Waals surface area (Å²) in [6.45, 7) is 2.76. The lowest BCUT2D eigenvalue weighted by Crippen LogP contribution is -2.11. The molecule has 0 aromatic heterocycles. The number of ether oxygens (including phenoxy) is 1. The predicted octanol–water partition coefficient (Wildman–Crippen LogP) is 3.47. The summed E-state index contributed by atoms with van der Waals surface area (Å²) in [4.78, 5) is 13.6. The Kier molecular flexibility index (Phi) is 5.96. The van der Waals surface area contributed by atoms with Gasteiger partial charge in [-0.25, -0.2) is 4.79 Å². The number of nitriles is 1. The van der Waals surface area contributed by atoms with E-state index in [1.165, 1.54) is 11.6 Å². The summed E-state index contributed by atoms with van der Waals surface area (Å²) >= 11 is 0. The zero-order chi connectivity index (χ0) is 16.5. The maximum atomic E-state index is 11.5. The molecule has 1 aliphatic rings. The molecule has 0 unspecified atom stereocenters. The molecule has 0 fully saturated rings. The Morgan fingerprint density at radius 2 is 1.96 bits per heavy atom. The van der Waals surface area contributed by atoms with Crippen LogP contribution < -0.4 is 0 Å². The monoisotopic (exact) mass is 306 g/mol. The van der Waals surface area contributed by atoms with Gasteiger partial charge in [-0.1, -0.05) is 36.4 Å². The van der Waals surface area contributed by atoms with E-state index in [4.69, 9.17) is 10.00 Å². The van der Waals surface area contributed by atoms with E-state index in [-0.39, 0.29) is 12.2 Å². The lowest BCUT2D eigenvalue weighted by molar-refractivity contribution is -0.138. The standard InChI is InChI=1S/C19H18N2O2/c1-2-23-19(22)18(14-20)9-8-16-10-12-21(13-11-16)15-17-6-4-3-5-7-17/h3-13H,2,15H2,1H3/b18-9+. The van der Waals surface area contributed by atoms with E-state index in [0.717, 1.165) is 12.1 Å². The first-order chi connectivity index (χ1) is 11.2. The molecule has 4 heteroatoms. The van der Waals surface area contributed by atoms with Crippen LogP contribution in [0, 0.1) is 11.3 Å². The van der Waals surface area contributed by atoms with E-state index in [1.54, 1.807) is 13.0 Å². The first-order valence-electron chi connectivity index (χ1n) is 7.38. The van der Waals surface area contributed by atoms with Crippen LogP contribution in [0.5, 0.6) is 0 Å². The Hall–Kier alpha value is -3.06. The third-order valence-electron chi connectivity index (χ3n) is 3.18. The Morgan fingerprint density at radius 3 is 2.57 bits per heavy atom. The highest BCUT2D eigenvalue weighted by Gasteiger charge is 2.08. The Balaban J connectivity index is 1.99. The number of carbonyl (C=O) groups excluding carboxylic acids is 1. The van der Waals surface area contributed by atoms with Gasteiger partial charge in [0, 0.05) is 18.9 Å². The molecule has 0 amide bonds. The Morgan fingerprint density at radius 1 is 1.26 bits per heavy atom. The van der Waals surface area contributed by atoms with Crippen molar-refractivity contribution >= 4 is 5.97 Å². The fourth-order valence-corrected chi connectivity index (χ4v) is 2.02. The van der Waals surface area contributed by atoms with Crippen molar-refractivity contribution in [3.63, 3.8) is 0 Å². The fraction of sp³-hybridized carbons (Fsp3) is 0.158. The molecule has 0 spiro atoms. The van der Waals surface area contributed by atoms with Gasteiger partial charge in [-0.3, -0.25) is 0 Å². The zero-order valence-electron chi connectivity index (χ0n) is 13.0. The molecule has 0 atom stereocenters. The summed E-state index contributed by atoms with van der Waals surface area (Å²) in [5.41, 5.74) is 2.13. The number of hydrogen-bond donors (Lipinski definition) is 0. The topological polar surface area (TPSA) is 53.3 Å². The number of hydrogen-bond acceptors (Lipinski definition) is 4. The van der Waals surface area contributed by atoms with Crippen molar-refractivity contribution in [2.75, 3.05) is 6.61 Å². The molecule has 1 aromatic carbocycles. The number of benzene rings is 1. The molecule has 4 nitrogen and oxygen atoms in total. The van der Waals surface area contributed by atoms with Gasteiger partial charge in [0.2, 0.25) is 0 Å². The Bertz CT molecular complexity index is 691. The maximum absolute atomic E-state index is 11.5. The van der Waals surface area contributed by atoms with Crippen molar-refractivity contribution in [3.05, 3.63) is 83.7 Å². The van der Waals surface area contributed by atoms with E-state index in [9.17, 15) is 4.79 Å². The van der Waals surface area contributed by atoms with Gasteiger partial charge in [0.1, 0.15) is 11.6 Å². The normalized spacial score (nSPS) is 13.7. The van der Waals surface area contributed by atoms with Gasteiger partial charge in [-0.2, -0.15) is 5.26 Å². The summed E-state index contributed by atoms with van der Waals surface area (Å²) in [5.74, 6) is -0.596. The van der Waals surface area contributed by atoms with E-state index in [2.05, 4.69) is 17.0 Å². The third kappa shape index (κ3) is 5.01. The number of nitrogens with zero attached hydrogens (tertiary/aromatic N) is 2. The van der Waals surface area contributed by atoms with Gasteiger partial charge in [0.25, 0.3) is 0 Å². The molecule has 0 saturated carbocycles. The molecule has 0 saturated heterocycles. The van der Waals surface area contributed by atoms with E-state index >= 15 is 0 Å². The van der Waals surface area contributed by atoms with Crippen LogP contribution in [0.25, 0.3) is 0 Å². The van der Waals surface area contributed by atoms with E-state index in [1.807, 2.05) is 48.8 Å². The average Bonchev–Trinajstić information content (AvgIpc) is 2.58. The molecule has 116 valence electrons. The average molecular weight is 306 g/mol. The molecular weight excluding hydrogens is 288 g/mol. The van der Waals surface area contributed by atoms with Crippen LogP contribution in [0.3, 0.4) is 0 Å². The Labute approximate surface area is 136 Å². The largest absolute Gasteiger partial charge is 0.462 e. The van der Waals surface area contributed by atoms with Gasteiger partial charge in [0.05, 0.1) is 6.61 Å². The summed E-state index contributed by atoms with van der Waals surface area (Å²) in [6.07, 6.45) is 11.0. The fourth-order valence-electron chi connectivity index (χ4n) is 2.02. The molecular formula is C19H18N2O2. The number of carbonyl (C=O) groups is 1. The van der Waals surface area contributed by atoms with Crippen LogP contribution in [0.1, 0.15) is 12.5 Å². The van der Waals surface area contributed by atoms with Gasteiger partial charge in [0.15, 0.2) is 0 Å². The van der Waals surface area contributed by atoms with Crippen LogP contribution >= 0.6 is 0 Å². The van der Waals surface area contributed by atoms with Crippen LogP contribution in [-0.2, 0) is 16.1 Å². The predicted molar refractivity (Wildman–Crippen MR) is 88.7 cm³/mol. The highest BCUT2D eigenvalue weighted by atomic mass is 16.5. The molecule has 0 aliphatic carbocycles. The van der Waals surface area contributed by atoms with Crippen molar-refractivity contribution in [1.29, 1.82) is 5.26 Å². The maximum Gasteiger partial charge on any atom is 0.348 e. The lowest BCUT2D eigenvalue weighted by Gasteiger charge is -2.18. The lowest BCUT2D eigenvalue weighted by atomic mass is 10.1. The minimum absolute atomic E-state index is 0.00661. The highest BCUT2D eigenvalue weighted by molar-refractivity contribution is 5.93. The van der Waals surface area contributed by atoms with Crippen LogP contribution in [0.15, 0.2) is 78.2 Å². The number of esters is 1. The molecule has 0 radical (unpaired) electrons. The van der Waals surface area contributed by atoms with Crippen molar-refractivity contribution in [1.82, 2.24) is 4.90 Å². The van der Waals surface area contributed by atoms with Crippen LogP contribution in [0.4, 0.5) is 0 Å². The second kappa shape index (κ2) is 8.40. The summed E-state index contributed by atoms with van der Waals surface area (Å²) in [7, 11) is 0.